The molecule has 0 bridgehead atoms. The lowest BCUT2D eigenvalue weighted by Crippen LogP contribution is -2.32. The number of hydrogen-bond donors (Lipinski definition) is 1. The third kappa shape index (κ3) is 3.89. The molecule has 33 heavy (non-hydrogen) atoms. The first-order valence-electron chi connectivity index (χ1n) is 11.0. The van der Waals surface area contributed by atoms with Crippen LogP contribution < -0.4 is 19.9 Å². The molecule has 168 valence electrons. The van der Waals surface area contributed by atoms with Gasteiger partial charge in [0.2, 0.25) is 0 Å². The fourth-order valence-corrected chi connectivity index (χ4v) is 5.14. The van der Waals surface area contributed by atoms with E-state index in [1.165, 1.54) is 29.1 Å². The largest absolute Gasteiger partial charge is 0.495 e. The highest BCUT2D eigenvalue weighted by molar-refractivity contribution is 7.11. The number of hydrogen-bond acceptors (Lipinski definition) is 6. The van der Waals surface area contributed by atoms with E-state index in [1.807, 2.05) is 66.9 Å². The fraction of sp³-hybridized carbons (Fsp3) is 0.231. The number of thiophene rings is 1. The number of nitrogens with one attached hydrogen (secondary N) is 1. The number of rotatable bonds is 6. The summed E-state index contributed by atoms with van der Waals surface area (Å²) in [6, 6.07) is 17.1. The van der Waals surface area contributed by atoms with E-state index >= 15 is 0 Å². The predicted octanol–water partition coefficient (Wildman–Crippen LogP) is 5.06. The fourth-order valence-electron chi connectivity index (χ4n) is 4.37. The molecule has 0 radical (unpaired) electrons. The second-order valence-electron chi connectivity index (χ2n) is 8.21. The number of aryl methyl sites for hydroxylation is 1. The molecule has 2 aromatic carbocycles. The minimum atomic E-state index is -0.374. The summed E-state index contributed by atoms with van der Waals surface area (Å²) in [4.78, 5) is 31.5. The molecule has 2 aliphatic heterocycles. The summed E-state index contributed by atoms with van der Waals surface area (Å²) in [5.74, 6) is -0.0985. The maximum absolute atomic E-state index is 13.6. The molecule has 0 saturated carbocycles. The van der Waals surface area contributed by atoms with Crippen LogP contribution in [-0.2, 0) is 9.59 Å². The van der Waals surface area contributed by atoms with Crippen LogP contribution in [0.5, 0.6) is 5.75 Å². The monoisotopic (exact) mass is 459 g/mol. The number of amides is 2. The highest BCUT2D eigenvalue weighted by Gasteiger charge is 2.41. The molecule has 0 unspecified atom stereocenters. The predicted molar refractivity (Wildman–Crippen MR) is 133 cm³/mol. The van der Waals surface area contributed by atoms with Crippen LogP contribution >= 0.6 is 11.3 Å². The lowest BCUT2D eigenvalue weighted by molar-refractivity contribution is -0.120. The topological polar surface area (TPSA) is 61.9 Å². The highest BCUT2D eigenvalue weighted by Crippen LogP contribution is 2.37. The zero-order valence-electron chi connectivity index (χ0n) is 18.6. The molecule has 6 nitrogen and oxygen atoms in total. The van der Waals surface area contributed by atoms with Gasteiger partial charge in [0.05, 0.1) is 24.1 Å². The van der Waals surface area contributed by atoms with E-state index in [-0.39, 0.29) is 17.5 Å². The Hall–Kier alpha value is -3.58. The van der Waals surface area contributed by atoms with Gasteiger partial charge in [-0.1, -0.05) is 12.1 Å². The number of ether oxygens (including phenoxy) is 1. The third-order valence-electron chi connectivity index (χ3n) is 6.05. The Bertz CT molecular complexity index is 1230. The average Bonchev–Trinajstić information content (AvgIpc) is 3.57. The molecule has 5 rings (SSSR count). The van der Waals surface area contributed by atoms with Crippen LogP contribution in [0.4, 0.5) is 17.1 Å². The molecule has 0 spiro atoms. The van der Waals surface area contributed by atoms with Crippen LogP contribution in [0.3, 0.4) is 0 Å². The van der Waals surface area contributed by atoms with E-state index in [0.29, 0.717) is 22.7 Å². The van der Waals surface area contributed by atoms with Gasteiger partial charge in [0, 0.05) is 23.7 Å². The van der Waals surface area contributed by atoms with Crippen molar-refractivity contribution in [1.82, 2.24) is 0 Å². The maximum atomic E-state index is 13.6. The van der Waals surface area contributed by atoms with E-state index < -0.39 is 0 Å². The summed E-state index contributed by atoms with van der Waals surface area (Å²) < 4.78 is 5.48. The van der Waals surface area contributed by atoms with Crippen molar-refractivity contribution in [2.24, 2.45) is 0 Å². The van der Waals surface area contributed by atoms with E-state index in [0.717, 1.165) is 29.2 Å². The number of benzene rings is 2. The SMILES string of the molecule is COc1ccc(C)cc1NC1=C(c2cccs2)C(=O)N(c2ccc(N3CCCC3)cc2)C1=O. The summed E-state index contributed by atoms with van der Waals surface area (Å²) in [7, 11) is 1.58. The van der Waals surface area contributed by atoms with Crippen molar-refractivity contribution < 1.29 is 14.3 Å². The van der Waals surface area contributed by atoms with Gasteiger partial charge in [-0.05, 0) is 73.2 Å². The second kappa shape index (κ2) is 8.75. The van der Waals surface area contributed by atoms with Gasteiger partial charge >= 0.3 is 0 Å². The van der Waals surface area contributed by atoms with Crippen molar-refractivity contribution >= 4 is 45.8 Å². The molecule has 2 amide bonds. The molecule has 7 heteroatoms. The number of carbonyl (C=O) groups is 2. The van der Waals surface area contributed by atoms with Gasteiger partial charge in [-0.3, -0.25) is 9.59 Å². The molecule has 2 aliphatic rings. The second-order valence-corrected chi connectivity index (χ2v) is 9.16. The minimum absolute atomic E-state index is 0.259. The van der Waals surface area contributed by atoms with Crippen molar-refractivity contribution in [3.05, 3.63) is 76.1 Å². The van der Waals surface area contributed by atoms with E-state index in [1.54, 1.807) is 7.11 Å². The van der Waals surface area contributed by atoms with Gasteiger partial charge in [-0.2, -0.15) is 0 Å². The first-order chi connectivity index (χ1) is 16.1. The van der Waals surface area contributed by atoms with E-state index in [4.69, 9.17) is 4.74 Å². The first kappa shape index (κ1) is 21.3. The molecule has 1 fully saturated rings. The molecule has 3 aromatic rings. The summed E-state index contributed by atoms with van der Waals surface area (Å²) >= 11 is 1.43. The van der Waals surface area contributed by atoms with Crippen molar-refractivity contribution in [1.29, 1.82) is 0 Å². The zero-order chi connectivity index (χ0) is 22.9. The summed E-state index contributed by atoms with van der Waals surface area (Å²) in [5, 5.41) is 5.12. The van der Waals surface area contributed by atoms with Crippen molar-refractivity contribution in [2.75, 3.05) is 35.3 Å². The van der Waals surface area contributed by atoms with Crippen molar-refractivity contribution in [3.8, 4) is 5.75 Å². The lowest BCUT2D eigenvalue weighted by atomic mass is 10.1. The standard InChI is InChI=1S/C26H25N3O3S/c1-17-7-12-21(32-2)20(16-17)27-24-23(22-6-5-15-33-22)25(30)29(26(24)31)19-10-8-18(9-11-19)28-13-3-4-14-28/h5-12,15-16,27H,3-4,13-14H2,1-2H3. The Balaban J connectivity index is 1.52. The Morgan fingerprint density at radius 3 is 2.33 bits per heavy atom. The smallest absolute Gasteiger partial charge is 0.282 e. The summed E-state index contributed by atoms with van der Waals surface area (Å²) in [6.45, 7) is 4.05. The van der Waals surface area contributed by atoms with Crippen LogP contribution in [0.15, 0.2) is 65.7 Å². The quantitative estimate of drug-likeness (QED) is 0.522. The first-order valence-corrected chi connectivity index (χ1v) is 11.9. The molecule has 3 heterocycles. The van der Waals surface area contributed by atoms with Gasteiger partial charge in [0.1, 0.15) is 11.4 Å². The van der Waals surface area contributed by atoms with E-state index in [9.17, 15) is 9.59 Å². The Labute approximate surface area is 197 Å². The minimum Gasteiger partial charge on any atom is -0.495 e. The summed E-state index contributed by atoms with van der Waals surface area (Å²) in [5.41, 5.74) is 3.98. The van der Waals surface area contributed by atoms with Crippen LogP contribution in [0, 0.1) is 6.92 Å². The van der Waals surface area contributed by atoms with Gasteiger partial charge in [-0.25, -0.2) is 4.90 Å². The van der Waals surface area contributed by atoms with Gasteiger partial charge in [-0.15, -0.1) is 11.3 Å². The number of imide groups is 1. The number of methoxy groups -OCH3 is 1. The molecular weight excluding hydrogens is 434 g/mol. The molecular formula is C26H25N3O3S. The summed E-state index contributed by atoms with van der Waals surface area (Å²) in [6.07, 6.45) is 2.38. The van der Waals surface area contributed by atoms with E-state index in [2.05, 4.69) is 10.2 Å². The Morgan fingerprint density at radius 2 is 1.67 bits per heavy atom. The van der Waals surface area contributed by atoms with Gasteiger partial charge in [0.25, 0.3) is 11.8 Å². The van der Waals surface area contributed by atoms with Gasteiger partial charge in [0.15, 0.2) is 0 Å². The number of nitrogens with zero attached hydrogens (tertiary/aromatic N) is 2. The molecule has 1 saturated heterocycles. The average molecular weight is 460 g/mol. The van der Waals surface area contributed by atoms with Crippen LogP contribution in [0.2, 0.25) is 0 Å². The highest BCUT2D eigenvalue weighted by atomic mass is 32.1. The van der Waals surface area contributed by atoms with Crippen molar-refractivity contribution in [2.45, 2.75) is 19.8 Å². The number of anilines is 3. The molecule has 0 aliphatic carbocycles. The van der Waals surface area contributed by atoms with Crippen LogP contribution in [0.25, 0.3) is 5.57 Å². The normalized spacial score (nSPS) is 16.2. The van der Waals surface area contributed by atoms with Crippen LogP contribution in [0.1, 0.15) is 23.3 Å². The van der Waals surface area contributed by atoms with Crippen molar-refractivity contribution in [3.63, 3.8) is 0 Å². The third-order valence-corrected chi connectivity index (χ3v) is 6.93. The van der Waals surface area contributed by atoms with Gasteiger partial charge < -0.3 is 15.0 Å². The Kier molecular flexibility index (Phi) is 5.64. The molecule has 1 N–H and O–H groups in total. The Morgan fingerprint density at radius 1 is 0.939 bits per heavy atom. The van der Waals surface area contributed by atoms with Crippen LogP contribution in [-0.4, -0.2) is 32.0 Å². The molecule has 0 atom stereocenters. The zero-order valence-corrected chi connectivity index (χ0v) is 19.4. The lowest BCUT2D eigenvalue weighted by Gasteiger charge is -2.20. The molecule has 1 aromatic heterocycles. The maximum Gasteiger partial charge on any atom is 0.282 e. The number of carbonyl (C=O) groups excluding carboxylic acids is 2.